The molecule has 0 unspecified atom stereocenters. The van der Waals surface area contributed by atoms with Gasteiger partial charge in [0.2, 0.25) is 0 Å². The van der Waals surface area contributed by atoms with Gasteiger partial charge in [-0.25, -0.2) is 0 Å². The SMILES string of the molecule is C=CC[C@@H](CCCCOCc1ccccc1)COS(C)(=O)=O. The fourth-order valence-corrected chi connectivity index (χ4v) is 2.57. The largest absolute Gasteiger partial charge is 0.377 e. The van der Waals surface area contributed by atoms with Crippen molar-refractivity contribution in [3.8, 4) is 0 Å². The van der Waals surface area contributed by atoms with Gasteiger partial charge in [0.1, 0.15) is 0 Å². The second-order valence-electron chi connectivity index (χ2n) is 5.41. The smallest absolute Gasteiger partial charge is 0.264 e. The number of ether oxygens (including phenoxy) is 1. The van der Waals surface area contributed by atoms with Crippen LogP contribution < -0.4 is 0 Å². The van der Waals surface area contributed by atoms with E-state index < -0.39 is 10.1 Å². The van der Waals surface area contributed by atoms with Crippen LogP contribution in [0.1, 0.15) is 31.2 Å². The molecule has 1 atom stereocenters. The Morgan fingerprint density at radius 1 is 1.23 bits per heavy atom. The maximum absolute atomic E-state index is 11.0. The fraction of sp³-hybridized carbons (Fsp3) is 0.529. The van der Waals surface area contributed by atoms with Crippen LogP contribution in [0, 0.1) is 5.92 Å². The monoisotopic (exact) mass is 326 g/mol. The second-order valence-corrected chi connectivity index (χ2v) is 7.06. The molecule has 0 N–H and O–H groups in total. The van der Waals surface area contributed by atoms with Gasteiger partial charge in [0.05, 0.1) is 19.5 Å². The van der Waals surface area contributed by atoms with Gasteiger partial charge in [-0.15, -0.1) is 6.58 Å². The van der Waals surface area contributed by atoms with Crippen molar-refractivity contribution in [2.45, 2.75) is 32.3 Å². The molecule has 5 heteroatoms. The summed E-state index contributed by atoms with van der Waals surface area (Å²) in [6.07, 6.45) is 6.51. The molecular formula is C17H26O4S. The minimum absolute atomic E-state index is 0.196. The first-order chi connectivity index (χ1) is 10.5. The third kappa shape index (κ3) is 9.71. The van der Waals surface area contributed by atoms with Gasteiger partial charge < -0.3 is 4.74 Å². The first kappa shape index (κ1) is 18.9. The van der Waals surface area contributed by atoms with E-state index in [0.29, 0.717) is 13.2 Å². The standard InChI is InChI=1S/C17H26O4S/c1-3-9-16(15-21-22(2,18)19)12-7-8-13-20-14-17-10-5-4-6-11-17/h3-6,10-11,16H,1,7-9,12-15H2,2H3/t16-/m0/s1. The van der Waals surface area contributed by atoms with Crippen LogP contribution in [0.25, 0.3) is 0 Å². The van der Waals surface area contributed by atoms with Crippen LogP contribution in [0.15, 0.2) is 43.0 Å². The number of hydrogen-bond donors (Lipinski definition) is 0. The van der Waals surface area contributed by atoms with Crippen LogP contribution in [0.3, 0.4) is 0 Å². The van der Waals surface area contributed by atoms with Crippen LogP contribution in [0.4, 0.5) is 0 Å². The van der Waals surface area contributed by atoms with Gasteiger partial charge in [0, 0.05) is 6.61 Å². The van der Waals surface area contributed by atoms with Crippen LogP contribution in [-0.2, 0) is 25.6 Å². The Hall–Kier alpha value is -1.17. The number of benzene rings is 1. The number of hydrogen-bond acceptors (Lipinski definition) is 4. The summed E-state index contributed by atoms with van der Waals surface area (Å²) in [6, 6.07) is 10.1. The van der Waals surface area contributed by atoms with Gasteiger partial charge in [-0.1, -0.05) is 42.8 Å². The van der Waals surface area contributed by atoms with E-state index >= 15 is 0 Å². The highest BCUT2D eigenvalue weighted by atomic mass is 32.2. The summed E-state index contributed by atoms with van der Waals surface area (Å²) in [6.45, 7) is 5.28. The number of rotatable bonds is 12. The molecule has 0 radical (unpaired) electrons. The molecule has 0 aliphatic carbocycles. The minimum Gasteiger partial charge on any atom is -0.377 e. The average molecular weight is 326 g/mol. The zero-order chi connectivity index (χ0) is 16.3. The van der Waals surface area contributed by atoms with Crippen molar-refractivity contribution in [3.05, 3.63) is 48.6 Å². The van der Waals surface area contributed by atoms with E-state index in [9.17, 15) is 8.42 Å². The Labute approximate surface area is 134 Å². The molecule has 124 valence electrons. The summed E-state index contributed by atoms with van der Waals surface area (Å²) in [5.74, 6) is 0.196. The second kappa shape index (κ2) is 10.5. The lowest BCUT2D eigenvalue weighted by atomic mass is 9.99. The molecule has 1 aromatic carbocycles. The van der Waals surface area contributed by atoms with E-state index in [2.05, 4.69) is 6.58 Å². The lowest BCUT2D eigenvalue weighted by molar-refractivity contribution is 0.115. The van der Waals surface area contributed by atoms with Crippen LogP contribution in [0.5, 0.6) is 0 Å². The van der Waals surface area contributed by atoms with Crippen molar-refractivity contribution in [2.75, 3.05) is 19.5 Å². The third-order valence-electron chi connectivity index (χ3n) is 3.28. The van der Waals surface area contributed by atoms with Gasteiger partial charge >= 0.3 is 0 Å². The highest BCUT2D eigenvalue weighted by Gasteiger charge is 2.11. The van der Waals surface area contributed by atoms with Crippen molar-refractivity contribution in [2.24, 2.45) is 5.92 Å². The maximum Gasteiger partial charge on any atom is 0.264 e. The van der Waals surface area contributed by atoms with Crippen LogP contribution in [-0.4, -0.2) is 27.9 Å². The molecule has 0 amide bonds. The van der Waals surface area contributed by atoms with Crippen LogP contribution >= 0.6 is 0 Å². The molecule has 0 fully saturated rings. The van der Waals surface area contributed by atoms with E-state index in [1.54, 1.807) is 0 Å². The van der Waals surface area contributed by atoms with E-state index in [1.807, 2.05) is 36.4 Å². The van der Waals surface area contributed by atoms with Gasteiger partial charge in [0.15, 0.2) is 0 Å². The zero-order valence-corrected chi connectivity index (χ0v) is 14.1. The first-order valence-electron chi connectivity index (χ1n) is 7.58. The Balaban J connectivity index is 2.13. The Bertz CT molecular complexity index is 511. The van der Waals surface area contributed by atoms with Crippen LogP contribution in [0.2, 0.25) is 0 Å². The molecule has 0 bridgehead atoms. The van der Waals surface area contributed by atoms with E-state index in [1.165, 1.54) is 5.56 Å². The third-order valence-corrected chi connectivity index (χ3v) is 3.84. The molecule has 1 rings (SSSR count). The summed E-state index contributed by atoms with van der Waals surface area (Å²) in [4.78, 5) is 0. The highest BCUT2D eigenvalue weighted by molar-refractivity contribution is 7.85. The Morgan fingerprint density at radius 3 is 2.59 bits per heavy atom. The summed E-state index contributed by atoms with van der Waals surface area (Å²) in [5, 5.41) is 0. The number of allylic oxidation sites excluding steroid dienone is 1. The lowest BCUT2D eigenvalue weighted by Crippen LogP contribution is -2.13. The molecule has 0 aliphatic rings. The molecule has 0 spiro atoms. The topological polar surface area (TPSA) is 52.6 Å². The van der Waals surface area contributed by atoms with Gasteiger partial charge in [-0.2, -0.15) is 8.42 Å². The summed E-state index contributed by atoms with van der Waals surface area (Å²) >= 11 is 0. The van der Waals surface area contributed by atoms with Crippen molar-refractivity contribution >= 4 is 10.1 Å². The quantitative estimate of drug-likeness (QED) is 0.335. The molecule has 1 aromatic rings. The molecule has 0 heterocycles. The predicted octanol–water partition coefficient (Wildman–Crippen LogP) is 3.54. The maximum atomic E-state index is 11.0. The van der Waals surface area contributed by atoms with E-state index in [-0.39, 0.29) is 12.5 Å². The van der Waals surface area contributed by atoms with Crippen molar-refractivity contribution < 1.29 is 17.3 Å². The summed E-state index contributed by atoms with van der Waals surface area (Å²) in [7, 11) is -3.37. The van der Waals surface area contributed by atoms with E-state index in [4.69, 9.17) is 8.92 Å². The van der Waals surface area contributed by atoms with Crippen molar-refractivity contribution in [3.63, 3.8) is 0 Å². The molecule has 22 heavy (non-hydrogen) atoms. The van der Waals surface area contributed by atoms with Gasteiger partial charge in [-0.05, 0) is 30.7 Å². The summed E-state index contributed by atoms with van der Waals surface area (Å²) < 4.78 is 32.5. The minimum atomic E-state index is -3.37. The Kier molecular flexibility index (Phi) is 9.04. The van der Waals surface area contributed by atoms with Crippen molar-refractivity contribution in [1.82, 2.24) is 0 Å². The van der Waals surface area contributed by atoms with Crippen molar-refractivity contribution in [1.29, 1.82) is 0 Å². The lowest BCUT2D eigenvalue weighted by Gasteiger charge is -2.14. The molecular weight excluding hydrogens is 300 g/mol. The summed E-state index contributed by atoms with van der Waals surface area (Å²) in [5.41, 5.74) is 1.17. The average Bonchev–Trinajstić information content (AvgIpc) is 2.48. The number of unbranched alkanes of at least 4 members (excludes halogenated alkanes) is 1. The predicted molar refractivity (Wildman–Crippen MR) is 89.0 cm³/mol. The van der Waals surface area contributed by atoms with Gasteiger partial charge in [0.25, 0.3) is 10.1 Å². The molecule has 4 nitrogen and oxygen atoms in total. The van der Waals surface area contributed by atoms with E-state index in [0.717, 1.165) is 31.9 Å². The van der Waals surface area contributed by atoms with Gasteiger partial charge in [-0.3, -0.25) is 4.18 Å². The molecule has 0 saturated carbocycles. The highest BCUT2D eigenvalue weighted by Crippen LogP contribution is 2.15. The normalized spacial score (nSPS) is 13.0. The Morgan fingerprint density at radius 2 is 1.95 bits per heavy atom. The zero-order valence-electron chi connectivity index (χ0n) is 13.2. The molecule has 0 aromatic heterocycles. The fourth-order valence-electron chi connectivity index (χ4n) is 2.13. The molecule has 0 aliphatic heterocycles. The molecule has 0 saturated heterocycles. The first-order valence-corrected chi connectivity index (χ1v) is 9.40.